The summed E-state index contributed by atoms with van der Waals surface area (Å²) in [5.41, 5.74) is 0.882. The number of carboxylic acid groups (broad SMARTS) is 1. The molecule has 4 heteroatoms. The highest BCUT2D eigenvalue weighted by molar-refractivity contribution is 5.75. The number of hydrogen-bond donors (Lipinski definition) is 1. The van der Waals surface area contributed by atoms with Gasteiger partial charge in [-0.2, -0.15) is 0 Å². The molecule has 1 aromatic rings. The minimum Gasteiger partial charge on any atom is -0.484 e. The van der Waals surface area contributed by atoms with Gasteiger partial charge >= 0.3 is 5.97 Å². The Morgan fingerprint density at radius 3 is 2.78 bits per heavy atom. The van der Waals surface area contributed by atoms with Gasteiger partial charge in [0.25, 0.3) is 0 Å². The second kappa shape index (κ2) is 4.26. The number of aryl methyl sites for hydroxylation is 1. The Morgan fingerprint density at radius 1 is 1.50 bits per heavy atom. The van der Waals surface area contributed by atoms with Crippen LogP contribution in [0.1, 0.15) is 44.2 Å². The van der Waals surface area contributed by atoms with E-state index in [9.17, 15) is 9.18 Å². The molecule has 1 atom stereocenters. The number of aliphatic carboxylic acids is 1. The van der Waals surface area contributed by atoms with Crippen molar-refractivity contribution in [1.82, 2.24) is 0 Å². The van der Waals surface area contributed by atoms with Crippen molar-refractivity contribution in [2.24, 2.45) is 0 Å². The Balaban J connectivity index is 2.42. The topological polar surface area (TPSA) is 46.5 Å². The third kappa shape index (κ3) is 2.33. The number of rotatable bonds is 2. The second-order valence-electron chi connectivity index (χ2n) is 5.41. The van der Waals surface area contributed by atoms with Crippen molar-refractivity contribution in [1.29, 1.82) is 0 Å². The highest BCUT2D eigenvalue weighted by Gasteiger charge is 2.30. The van der Waals surface area contributed by atoms with Crippen LogP contribution in [0.4, 0.5) is 4.39 Å². The Labute approximate surface area is 106 Å². The normalized spacial score (nSPS) is 18.7. The summed E-state index contributed by atoms with van der Waals surface area (Å²) in [5, 5.41) is 8.96. The summed E-state index contributed by atoms with van der Waals surface area (Å²) >= 11 is 0. The van der Waals surface area contributed by atoms with E-state index in [0.29, 0.717) is 12.0 Å². The zero-order valence-electron chi connectivity index (χ0n) is 10.8. The van der Waals surface area contributed by atoms with Gasteiger partial charge in [0, 0.05) is 0 Å². The van der Waals surface area contributed by atoms with Crippen LogP contribution in [-0.2, 0) is 11.2 Å². The van der Waals surface area contributed by atoms with Gasteiger partial charge in [0.05, 0.1) is 5.92 Å². The zero-order valence-corrected chi connectivity index (χ0v) is 10.8. The second-order valence-corrected chi connectivity index (χ2v) is 5.41. The lowest BCUT2D eigenvalue weighted by molar-refractivity contribution is -0.138. The van der Waals surface area contributed by atoms with E-state index in [-0.39, 0.29) is 11.4 Å². The molecule has 0 bridgehead atoms. The summed E-state index contributed by atoms with van der Waals surface area (Å²) < 4.78 is 19.6. The molecule has 0 fully saturated rings. The van der Waals surface area contributed by atoms with Crippen LogP contribution < -0.4 is 4.74 Å². The smallest absolute Gasteiger partial charge is 0.310 e. The first kappa shape index (κ1) is 12.9. The van der Waals surface area contributed by atoms with E-state index in [0.717, 1.165) is 12.0 Å². The standard InChI is InChI=1S/C14H17FO3/c1-8(13(16)17)10-6-9-4-5-14(2,3)18-12(9)11(15)7-10/h6-8H,4-5H2,1-3H3,(H,16,17). The maximum atomic E-state index is 14.0. The van der Waals surface area contributed by atoms with E-state index in [2.05, 4.69) is 0 Å². The molecule has 3 nitrogen and oxygen atoms in total. The molecule has 0 aliphatic carbocycles. The SMILES string of the molecule is CC(C(=O)O)c1cc(F)c2c(c1)CCC(C)(C)O2. The largest absolute Gasteiger partial charge is 0.484 e. The van der Waals surface area contributed by atoms with Gasteiger partial charge in [-0.3, -0.25) is 4.79 Å². The van der Waals surface area contributed by atoms with Gasteiger partial charge in [-0.1, -0.05) is 6.07 Å². The first-order chi connectivity index (χ1) is 8.30. The van der Waals surface area contributed by atoms with Gasteiger partial charge in [-0.05, 0) is 50.8 Å². The van der Waals surface area contributed by atoms with Gasteiger partial charge in [-0.25, -0.2) is 4.39 Å². The highest BCUT2D eigenvalue weighted by atomic mass is 19.1. The molecule has 0 amide bonds. The Kier molecular flexibility index (Phi) is 3.05. The number of benzene rings is 1. The van der Waals surface area contributed by atoms with Crippen LogP contribution in [0.15, 0.2) is 12.1 Å². The lowest BCUT2D eigenvalue weighted by Gasteiger charge is -2.33. The van der Waals surface area contributed by atoms with Crippen LogP contribution in [0.25, 0.3) is 0 Å². The number of carboxylic acids is 1. The van der Waals surface area contributed by atoms with Gasteiger partial charge in [0.15, 0.2) is 11.6 Å². The molecule has 98 valence electrons. The molecule has 0 saturated carbocycles. The maximum Gasteiger partial charge on any atom is 0.310 e. The van der Waals surface area contributed by atoms with Crippen molar-refractivity contribution in [3.05, 3.63) is 29.1 Å². The van der Waals surface area contributed by atoms with Crippen LogP contribution in [0.3, 0.4) is 0 Å². The molecule has 1 aromatic carbocycles. The first-order valence-corrected chi connectivity index (χ1v) is 6.04. The predicted molar refractivity (Wildman–Crippen MR) is 65.5 cm³/mol. The molecule has 1 aliphatic rings. The first-order valence-electron chi connectivity index (χ1n) is 6.04. The number of carbonyl (C=O) groups is 1. The molecule has 1 N–H and O–H groups in total. The predicted octanol–water partition coefficient (Wildman–Crippen LogP) is 3.12. The number of ether oxygens (including phenoxy) is 1. The third-order valence-corrected chi connectivity index (χ3v) is 3.39. The number of halogens is 1. The van der Waals surface area contributed by atoms with E-state index in [1.54, 1.807) is 13.0 Å². The summed E-state index contributed by atoms with van der Waals surface area (Å²) in [5.74, 6) is -1.86. The van der Waals surface area contributed by atoms with Gasteiger partial charge < -0.3 is 9.84 Å². The van der Waals surface area contributed by atoms with Crippen molar-refractivity contribution in [2.75, 3.05) is 0 Å². The van der Waals surface area contributed by atoms with Crippen molar-refractivity contribution in [3.63, 3.8) is 0 Å². The Bertz CT molecular complexity index is 494. The molecule has 1 heterocycles. The Morgan fingerprint density at radius 2 is 2.17 bits per heavy atom. The summed E-state index contributed by atoms with van der Waals surface area (Å²) in [6.07, 6.45) is 1.50. The van der Waals surface area contributed by atoms with Crippen LogP contribution >= 0.6 is 0 Å². The molecule has 0 spiro atoms. The molecular weight excluding hydrogens is 235 g/mol. The zero-order chi connectivity index (χ0) is 13.5. The van der Waals surface area contributed by atoms with Crippen molar-refractivity contribution in [2.45, 2.75) is 45.1 Å². The van der Waals surface area contributed by atoms with Crippen LogP contribution in [-0.4, -0.2) is 16.7 Å². The molecule has 0 saturated heterocycles. The molecule has 0 radical (unpaired) electrons. The molecule has 18 heavy (non-hydrogen) atoms. The van der Waals surface area contributed by atoms with Gasteiger partial charge in [0.2, 0.25) is 0 Å². The lowest BCUT2D eigenvalue weighted by Crippen LogP contribution is -2.33. The quantitative estimate of drug-likeness (QED) is 0.879. The van der Waals surface area contributed by atoms with E-state index < -0.39 is 17.7 Å². The van der Waals surface area contributed by atoms with Gasteiger partial charge in [0.1, 0.15) is 5.60 Å². The van der Waals surface area contributed by atoms with Crippen LogP contribution in [0, 0.1) is 5.82 Å². The molecule has 0 aromatic heterocycles. The summed E-state index contributed by atoms with van der Waals surface area (Å²) in [4.78, 5) is 10.9. The van der Waals surface area contributed by atoms with E-state index in [1.165, 1.54) is 6.07 Å². The number of hydrogen-bond acceptors (Lipinski definition) is 2. The summed E-state index contributed by atoms with van der Waals surface area (Å²) in [6, 6.07) is 3.01. The van der Waals surface area contributed by atoms with E-state index >= 15 is 0 Å². The average Bonchev–Trinajstić information content (AvgIpc) is 2.28. The molecule has 1 aliphatic heterocycles. The summed E-state index contributed by atoms with van der Waals surface area (Å²) in [7, 11) is 0. The third-order valence-electron chi connectivity index (χ3n) is 3.39. The van der Waals surface area contributed by atoms with Crippen LogP contribution in [0.5, 0.6) is 5.75 Å². The fourth-order valence-corrected chi connectivity index (χ4v) is 2.13. The minimum atomic E-state index is -0.952. The fourth-order valence-electron chi connectivity index (χ4n) is 2.13. The Hall–Kier alpha value is -1.58. The van der Waals surface area contributed by atoms with E-state index in [1.807, 2.05) is 13.8 Å². The molecule has 1 unspecified atom stereocenters. The van der Waals surface area contributed by atoms with E-state index in [4.69, 9.17) is 9.84 Å². The number of fused-ring (bicyclic) bond motifs is 1. The monoisotopic (exact) mass is 252 g/mol. The highest BCUT2D eigenvalue weighted by Crippen LogP contribution is 2.37. The van der Waals surface area contributed by atoms with Crippen molar-refractivity contribution < 1.29 is 19.0 Å². The maximum absolute atomic E-state index is 14.0. The lowest BCUT2D eigenvalue weighted by atomic mass is 9.91. The average molecular weight is 252 g/mol. The minimum absolute atomic E-state index is 0.271. The molecular formula is C14H17FO3. The van der Waals surface area contributed by atoms with Gasteiger partial charge in [-0.15, -0.1) is 0 Å². The molecule has 2 rings (SSSR count). The van der Waals surface area contributed by atoms with Crippen LogP contribution in [0.2, 0.25) is 0 Å². The fraction of sp³-hybridized carbons (Fsp3) is 0.500. The summed E-state index contributed by atoms with van der Waals surface area (Å²) in [6.45, 7) is 5.39. The van der Waals surface area contributed by atoms with Crippen molar-refractivity contribution in [3.8, 4) is 5.75 Å². The van der Waals surface area contributed by atoms with Crippen molar-refractivity contribution >= 4 is 5.97 Å².